The number of amides is 2. The summed E-state index contributed by atoms with van der Waals surface area (Å²) in [5, 5.41) is 5.70. The maximum absolute atomic E-state index is 12.0. The predicted octanol–water partition coefficient (Wildman–Crippen LogP) is 4.84. The van der Waals surface area contributed by atoms with Gasteiger partial charge in [0.25, 0.3) is 0 Å². The predicted molar refractivity (Wildman–Crippen MR) is 88.8 cm³/mol. The molecule has 0 bridgehead atoms. The Labute approximate surface area is 126 Å². The highest BCUT2D eigenvalue weighted by Crippen LogP contribution is 2.15. The van der Waals surface area contributed by atoms with Gasteiger partial charge in [-0.15, -0.1) is 0 Å². The minimum Gasteiger partial charge on any atom is -0.308 e. The molecule has 0 saturated carbocycles. The number of anilines is 2. The van der Waals surface area contributed by atoms with Crippen LogP contribution in [-0.4, -0.2) is 6.03 Å². The largest absolute Gasteiger partial charge is 0.323 e. The molecule has 0 atom stereocenters. The molecule has 0 aliphatic heterocycles. The Morgan fingerprint density at radius 3 is 2.29 bits per heavy atom. The van der Waals surface area contributed by atoms with Crippen molar-refractivity contribution in [1.82, 2.24) is 0 Å². The molecule has 21 heavy (non-hydrogen) atoms. The van der Waals surface area contributed by atoms with E-state index in [1.54, 1.807) is 0 Å². The first kappa shape index (κ1) is 15.1. The lowest BCUT2D eigenvalue weighted by molar-refractivity contribution is 0.262. The van der Waals surface area contributed by atoms with Crippen molar-refractivity contribution in [2.75, 3.05) is 10.6 Å². The lowest BCUT2D eigenvalue weighted by atomic mass is 10.0. The Kier molecular flexibility index (Phi) is 4.99. The molecule has 3 nitrogen and oxygen atoms in total. The number of carbonyl (C=O) groups is 1. The lowest BCUT2D eigenvalue weighted by Crippen LogP contribution is -2.19. The van der Waals surface area contributed by atoms with E-state index in [0.717, 1.165) is 23.4 Å². The van der Waals surface area contributed by atoms with E-state index in [0.29, 0.717) is 5.92 Å². The molecule has 2 aromatic rings. The summed E-state index contributed by atoms with van der Waals surface area (Å²) in [5.74, 6) is 0.633. The van der Waals surface area contributed by atoms with Crippen molar-refractivity contribution >= 4 is 17.4 Å². The van der Waals surface area contributed by atoms with Crippen LogP contribution in [0.2, 0.25) is 0 Å². The molecule has 0 aliphatic carbocycles. The van der Waals surface area contributed by atoms with Crippen LogP contribution in [0, 0.1) is 12.8 Å². The first-order chi connectivity index (χ1) is 10.0. The highest BCUT2D eigenvalue weighted by Gasteiger charge is 2.04. The van der Waals surface area contributed by atoms with Gasteiger partial charge in [0.15, 0.2) is 0 Å². The van der Waals surface area contributed by atoms with Gasteiger partial charge in [-0.2, -0.15) is 0 Å². The first-order valence-corrected chi connectivity index (χ1v) is 7.27. The Morgan fingerprint density at radius 2 is 1.67 bits per heavy atom. The van der Waals surface area contributed by atoms with E-state index in [1.165, 1.54) is 5.56 Å². The number of carbonyl (C=O) groups excluding carboxylic acids is 1. The summed E-state index contributed by atoms with van der Waals surface area (Å²) in [4.78, 5) is 12.0. The van der Waals surface area contributed by atoms with E-state index >= 15 is 0 Å². The van der Waals surface area contributed by atoms with Crippen LogP contribution in [0.1, 0.15) is 25.0 Å². The maximum atomic E-state index is 12.0. The Bertz CT molecular complexity index is 603. The van der Waals surface area contributed by atoms with Crippen LogP contribution in [0.5, 0.6) is 0 Å². The second kappa shape index (κ2) is 6.93. The summed E-state index contributed by atoms with van der Waals surface area (Å²) in [6, 6.07) is 15.5. The zero-order valence-corrected chi connectivity index (χ0v) is 12.8. The lowest BCUT2D eigenvalue weighted by Gasteiger charge is -2.10. The van der Waals surface area contributed by atoms with Gasteiger partial charge in [-0.25, -0.2) is 4.79 Å². The van der Waals surface area contributed by atoms with Crippen LogP contribution in [0.3, 0.4) is 0 Å². The molecule has 2 aromatic carbocycles. The number of hydrogen-bond acceptors (Lipinski definition) is 1. The summed E-state index contributed by atoms with van der Waals surface area (Å²) >= 11 is 0. The fourth-order valence-electron chi connectivity index (χ4n) is 2.19. The smallest absolute Gasteiger partial charge is 0.308 e. The highest BCUT2D eigenvalue weighted by atomic mass is 16.2. The number of para-hydroxylation sites is 1. The van der Waals surface area contributed by atoms with Crippen molar-refractivity contribution in [2.24, 2.45) is 5.92 Å². The zero-order valence-electron chi connectivity index (χ0n) is 12.8. The van der Waals surface area contributed by atoms with Gasteiger partial charge in [0, 0.05) is 11.4 Å². The molecular formula is C18H22N2O. The molecule has 2 N–H and O–H groups in total. The molecule has 3 heteroatoms. The third-order valence-electron chi connectivity index (χ3n) is 3.25. The van der Waals surface area contributed by atoms with Gasteiger partial charge in [-0.3, -0.25) is 0 Å². The minimum absolute atomic E-state index is 0.221. The number of aryl methyl sites for hydroxylation is 1. The molecule has 0 unspecified atom stereocenters. The van der Waals surface area contributed by atoms with Crippen molar-refractivity contribution in [3.05, 3.63) is 59.7 Å². The quantitative estimate of drug-likeness (QED) is 0.828. The molecule has 0 fully saturated rings. The molecule has 0 heterocycles. The molecule has 0 spiro atoms. The summed E-state index contributed by atoms with van der Waals surface area (Å²) in [5.41, 5.74) is 3.95. The van der Waals surface area contributed by atoms with E-state index in [2.05, 4.69) is 36.6 Å². The van der Waals surface area contributed by atoms with Gasteiger partial charge in [-0.05, 0) is 48.6 Å². The molecule has 0 radical (unpaired) electrons. The Morgan fingerprint density at radius 1 is 1.00 bits per heavy atom. The summed E-state index contributed by atoms with van der Waals surface area (Å²) in [6.07, 6.45) is 1.05. The van der Waals surface area contributed by atoms with Gasteiger partial charge in [0.05, 0.1) is 0 Å². The summed E-state index contributed by atoms with van der Waals surface area (Å²) in [7, 11) is 0. The van der Waals surface area contributed by atoms with Gasteiger partial charge in [0.2, 0.25) is 0 Å². The molecule has 110 valence electrons. The SMILES string of the molecule is Cc1ccccc1NC(=O)Nc1ccc(CC(C)C)cc1. The number of benzene rings is 2. The monoisotopic (exact) mass is 282 g/mol. The number of hydrogen-bond donors (Lipinski definition) is 2. The van der Waals surface area contributed by atoms with Crippen molar-refractivity contribution in [2.45, 2.75) is 27.2 Å². The number of rotatable bonds is 4. The third-order valence-corrected chi connectivity index (χ3v) is 3.25. The average Bonchev–Trinajstić information content (AvgIpc) is 2.43. The first-order valence-electron chi connectivity index (χ1n) is 7.27. The van der Waals surface area contributed by atoms with Crippen molar-refractivity contribution < 1.29 is 4.79 Å². The minimum atomic E-state index is -0.221. The van der Waals surface area contributed by atoms with Gasteiger partial charge >= 0.3 is 6.03 Å². The van der Waals surface area contributed by atoms with Crippen molar-refractivity contribution in [1.29, 1.82) is 0 Å². The molecule has 2 amide bonds. The molecule has 0 aliphatic rings. The van der Waals surface area contributed by atoms with Crippen LogP contribution in [0.4, 0.5) is 16.2 Å². The zero-order chi connectivity index (χ0) is 15.2. The van der Waals surface area contributed by atoms with Gasteiger partial charge in [-0.1, -0.05) is 44.2 Å². The van der Waals surface area contributed by atoms with Crippen molar-refractivity contribution in [3.63, 3.8) is 0 Å². The van der Waals surface area contributed by atoms with Crippen LogP contribution in [0.15, 0.2) is 48.5 Å². The van der Waals surface area contributed by atoms with Crippen LogP contribution in [0.25, 0.3) is 0 Å². The van der Waals surface area contributed by atoms with E-state index in [9.17, 15) is 4.79 Å². The van der Waals surface area contributed by atoms with E-state index in [4.69, 9.17) is 0 Å². The fourth-order valence-corrected chi connectivity index (χ4v) is 2.19. The van der Waals surface area contributed by atoms with Gasteiger partial charge < -0.3 is 10.6 Å². The normalized spacial score (nSPS) is 10.5. The molecule has 0 aromatic heterocycles. The van der Waals surface area contributed by atoms with E-state index < -0.39 is 0 Å². The highest BCUT2D eigenvalue weighted by molar-refractivity contribution is 6.00. The molecule has 2 rings (SSSR count). The second-order valence-corrected chi connectivity index (χ2v) is 5.69. The summed E-state index contributed by atoms with van der Waals surface area (Å²) < 4.78 is 0. The molecular weight excluding hydrogens is 260 g/mol. The standard InChI is InChI=1S/C18H22N2O/c1-13(2)12-15-8-10-16(11-9-15)19-18(21)20-17-7-5-4-6-14(17)3/h4-11,13H,12H2,1-3H3,(H2,19,20,21). The maximum Gasteiger partial charge on any atom is 0.323 e. The topological polar surface area (TPSA) is 41.1 Å². The molecule has 0 saturated heterocycles. The van der Waals surface area contributed by atoms with E-state index in [-0.39, 0.29) is 6.03 Å². The second-order valence-electron chi connectivity index (χ2n) is 5.69. The summed E-state index contributed by atoms with van der Waals surface area (Å²) in [6.45, 7) is 6.36. The van der Waals surface area contributed by atoms with Crippen molar-refractivity contribution in [3.8, 4) is 0 Å². The van der Waals surface area contributed by atoms with Crippen LogP contribution >= 0.6 is 0 Å². The van der Waals surface area contributed by atoms with Crippen LogP contribution < -0.4 is 10.6 Å². The third kappa shape index (κ3) is 4.63. The number of urea groups is 1. The number of nitrogens with one attached hydrogen (secondary N) is 2. The fraction of sp³-hybridized carbons (Fsp3) is 0.278. The van der Waals surface area contributed by atoms with Gasteiger partial charge in [0.1, 0.15) is 0 Å². The van der Waals surface area contributed by atoms with E-state index in [1.807, 2.05) is 43.3 Å². The Balaban J connectivity index is 1.95. The average molecular weight is 282 g/mol. The van der Waals surface area contributed by atoms with Crippen LogP contribution in [-0.2, 0) is 6.42 Å². The Hall–Kier alpha value is -2.29.